The first kappa shape index (κ1) is 60.2. The first-order chi connectivity index (χ1) is 30.0. The van der Waals surface area contributed by atoms with Gasteiger partial charge in [0.05, 0.1) is 27.7 Å². The van der Waals surface area contributed by atoms with Gasteiger partial charge in [0.25, 0.3) is 7.82 Å². The second-order valence-corrected chi connectivity index (χ2v) is 20.0. The third kappa shape index (κ3) is 47.7. The molecule has 0 aliphatic rings. The lowest BCUT2D eigenvalue weighted by Gasteiger charge is -2.28. The number of unbranched alkanes of at least 4 members (excludes halogenated alkanes) is 27. The Morgan fingerprint density at radius 2 is 0.871 bits per heavy atom. The minimum absolute atomic E-state index is 0.0371. The highest BCUT2D eigenvalue weighted by molar-refractivity contribution is 7.45. The Bertz CT molecular complexity index is 1150. The van der Waals surface area contributed by atoms with Crippen molar-refractivity contribution in [2.24, 2.45) is 0 Å². The quantitative estimate of drug-likeness (QED) is 0.0195. The molecule has 0 N–H and O–H groups in total. The summed E-state index contributed by atoms with van der Waals surface area (Å²) in [7, 11) is 1.15. The summed E-state index contributed by atoms with van der Waals surface area (Å²) in [6.07, 6.45) is 51.9. The molecule has 0 bridgehead atoms. The molecule has 0 rings (SSSR count). The third-order valence-electron chi connectivity index (χ3n) is 11.2. The Kier molecular flexibility index (Phi) is 43.2. The fourth-order valence-corrected chi connectivity index (χ4v) is 7.86. The predicted octanol–water partition coefficient (Wildman–Crippen LogP) is 14.6. The van der Waals surface area contributed by atoms with Crippen LogP contribution < -0.4 is 4.89 Å². The molecular formula is C52H98NO8P. The number of carbonyl (C=O) groups excluding carboxylic acids is 2. The van der Waals surface area contributed by atoms with Crippen LogP contribution in [0.4, 0.5) is 0 Å². The Morgan fingerprint density at radius 3 is 1.32 bits per heavy atom. The number of rotatable bonds is 47. The molecule has 0 aromatic heterocycles. The van der Waals surface area contributed by atoms with E-state index in [0.717, 1.165) is 51.4 Å². The Balaban J connectivity index is 4.21. The van der Waals surface area contributed by atoms with Gasteiger partial charge in [-0.25, -0.2) is 0 Å². The average Bonchev–Trinajstić information content (AvgIpc) is 3.23. The predicted molar refractivity (Wildman–Crippen MR) is 259 cm³/mol. The summed E-state index contributed by atoms with van der Waals surface area (Å²) < 4.78 is 34.0. The van der Waals surface area contributed by atoms with Gasteiger partial charge in [0.2, 0.25) is 0 Å². The van der Waals surface area contributed by atoms with E-state index in [9.17, 15) is 19.0 Å². The van der Waals surface area contributed by atoms with Crippen LogP contribution in [-0.2, 0) is 32.7 Å². The lowest BCUT2D eigenvalue weighted by Crippen LogP contribution is -2.37. The molecule has 1 unspecified atom stereocenters. The molecule has 364 valence electrons. The van der Waals surface area contributed by atoms with Crippen molar-refractivity contribution >= 4 is 19.8 Å². The standard InChI is InChI=1S/C52H98NO8P/c1-6-8-10-12-14-16-18-20-22-23-24-25-26-27-28-29-31-32-34-36-38-40-42-44-51(54)58-48-50(49-60-62(56,57)59-47-46-53(3,4)5)61-52(55)45-43-41-39-37-35-33-30-21-19-17-15-13-11-9-7-2/h15,17,21,30,35,37,50H,6-14,16,18-20,22-29,31-34,36,38-49H2,1-5H3/b17-15+,30-21+,37-35+/t50-/m0/s1. The van der Waals surface area contributed by atoms with E-state index in [0.29, 0.717) is 17.4 Å². The minimum Gasteiger partial charge on any atom is -0.756 e. The van der Waals surface area contributed by atoms with E-state index in [1.54, 1.807) is 0 Å². The van der Waals surface area contributed by atoms with E-state index < -0.39 is 26.5 Å². The molecule has 2 atom stereocenters. The number of esters is 2. The molecule has 0 saturated heterocycles. The van der Waals surface area contributed by atoms with E-state index in [-0.39, 0.29) is 32.0 Å². The smallest absolute Gasteiger partial charge is 0.306 e. The van der Waals surface area contributed by atoms with Gasteiger partial charge < -0.3 is 27.9 Å². The lowest BCUT2D eigenvalue weighted by atomic mass is 10.0. The first-order valence-corrected chi connectivity index (χ1v) is 27.2. The fourth-order valence-electron chi connectivity index (χ4n) is 7.13. The summed E-state index contributed by atoms with van der Waals surface area (Å²) in [5.74, 6) is -0.870. The number of hydrogen-bond donors (Lipinski definition) is 0. The van der Waals surface area contributed by atoms with Gasteiger partial charge in [-0.15, -0.1) is 0 Å². The Hall–Kier alpha value is -1.77. The zero-order valence-electron chi connectivity index (χ0n) is 41.1. The van der Waals surface area contributed by atoms with Gasteiger partial charge in [-0.1, -0.05) is 204 Å². The van der Waals surface area contributed by atoms with Gasteiger partial charge in [-0.05, 0) is 51.4 Å². The molecule has 0 fully saturated rings. The van der Waals surface area contributed by atoms with Crippen LogP contribution in [0.5, 0.6) is 0 Å². The molecule has 0 amide bonds. The summed E-state index contributed by atoms with van der Waals surface area (Å²) in [5.41, 5.74) is 0. The summed E-state index contributed by atoms with van der Waals surface area (Å²) in [5, 5.41) is 0. The van der Waals surface area contributed by atoms with Crippen LogP contribution >= 0.6 is 7.82 Å². The molecule has 62 heavy (non-hydrogen) atoms. The Morgan fingerprint density at radius 1 is 0.500 bits per heavy atom. The zero-order valence-corrected chi connectivity index (χ0v) is 42.0. The summed E-state index contributed by atoms with van der Waals surface area (Å²) in [4.78, 5) is 37.7. The highest BCUT2D eigenvalue weighted by atomic mass is 31.2. The number of hydrogen-bond acceptors (Lipinski definition) is 8. The number of phosphoric acid groups is 1. The maximum Gasteiger partial charge on any atom is 0.306 e. The molecule has 0 spiro atoms. The van der Waals surface area contributed by atoms with Crippen LogP contribution in [0.15, 0.2) is 36.5 Å². The first-order valence-electron chi connectivity index (χ1n) is 25.7. The molecule has 0 aromatic carbocycles. The van der Waals surface area contributed by atoms with Crippen LogP contribution in [-0.4, -0.2) is 70.0 Å². The molecule has 10 heteroatoms. The number of allylic oxidation sites excluding steroid dienone is 6. The maximum absolute atomic E-state index is 12.7. The van der Waals surface area contributed by atoms with Crippen molar-refractivity contribution in [1.82, 2.24) is 0 Å². The van der Waals surface area contributed by atoms with Gasteiger partial charge in [-0.3, -0.25) is 14.2 Å². The number of phosphoric ester groups is 1. The van der Waals surface area contributed by atoms with Crippen molar-refractivity contribution in [1.29, 1.82) is 0 Å². The SMILES string of the molecule is CCCCC/C=C/C/C=C/C/C=C/CCCCC(=O)O[C@@H](COC(=O)CCCCCCCCCCCCCCCCCCCCCCCCC)COP(=O)([O-])OCC[N+](C)(C)C. The number of quaternary nitrogens is 1. The van der Waals surface area contributed by atoms with Crippen molar-refractivity contribution in [2.45, 2.75) is 238 Å². The average molecular weight is 896 g/mol. The molecule has 0 heterocycles. The molecule has 0 saturated carbocycles. The van der Waals surface area contributed by atoms with Crippen LogP contribution in [0.2, 0.25) is 0 Å². The summed E-state index contributed by atoms with van der Waals surface area (Å²) in [6, 6.07) is 0. The van der Waals surface area contributed by atoms with E-state index in [4.69, 9.17) is 18.5 Å². The second-order valence-electron chi connectivity index (χ2n) is 18.5. The third-order valence-corrected chi connectivity index (χ3v) is 12.1. The van der Waals surface area contributed by atoms with Crippen LogP contribution in [0.25, 0.3) is 0 Å². The van der Waals surface area contributed by atoms with Crippen molar-refractivity contribution in [3.05, 3.63) is 36.5 Å². The highest BCUT2D eigenvalue weighted by Gasteiger charge is 2.21. The molecular weight excluding hydrogens is 798 g/mol. The van der Waals surface area contributed by atoms with E-state index in [2.05, 4.69) is 50.3 Å². The van der Waals surface area contributed by atoms with E-state index in [1.165, 1.54) is 148 Å². The summed E-state index contributed by atoms with van der Waals surface area (Å²) >= 11 is 0. The van der Waals surface area contributed by atoms with Gasteiger partial charge >= 0.3 is 11.9 Å². The maximum atomic E-state index is 12.7. The zero-order chi connectivity index (χ0) is 45.7. The van der Waals surface area contributed by atoms with Crippen LogP contribution in [0.3, 0.4) is 0 Å². The number of ether oxygens (including phenoxy) is 2. The largest absolute Gasteiger partial charge is 0.756 e. The monoisotopic (exact) mass is 896 g/mol. The number of likely N-dealkylation sites (N-methyl/N-ethyl adjacent to an activating group) is 1. The van der Waals surface area contributed by atoms with Gasteiger partial charge in [0.15, 0.2) is 6.10 Å². The van der Waals surface area contributed by atoms with Crippen LogP contribution in [0, 0.1) is 0 Å². The van der Waals surface area contributed by atoms with Crippen molar-refractivity contribution < 1.29 is 42.1 Å². The molecule has 0 aromatic rings. The van der Waals surface area contributed by atoms with Crippen molar-refractivity contribution in [3.63, 3.8) is 0 Å². The van der Waals surface area contributed by atoms with Gasteiger partial charge in [-0.2, -0.15) is 0 Å². The van der Waals surface area contributed by atoms with Crippen LogP contribution in [0.1, 0.15) is 232 Å². The van der Waals surface area contributed by atoms with Gasteiger partial charge in [0.1, 0.15) is 19.8 Å². The van der Waals surface area contributed by atoms with Crippen molar-refractivity contribution in [2.75, 3.05) is 47.5 Å². The number of nitrogens with zero attached hydrogens (tertiary/aromatic N) is 1. The molecule has 0 aliphatic heterocycles. The van der Waals surface area contributed by atoms with E-state index in [1.807, 2.05) is 21.1 Å². The van der Waals surface area contributed by atoms with Gasteiger partial charge in [0, 0.05) is 12.8 Å². The fraction of sp³-hybridized carbons (Fsp3) is 0.846. The summed E-state index contributed by atoms with van der Waals surface area (Å²) in [6.45, 7) is 4.19. The molecule has 0 aliphatic carbocycles. The second kappa shape index (κ2) is 44.4. The number of carbonyl (C=O) groups is 2. The minimum atomic E-state index is -4.64. The lowest BCUT2D eigenvalue weighted by molar-refractivity contribution is -0.870. The normalized spacial score (nSPS) is 13.7. The molecule has 0 radical (unpaired) electrons. The van der Waals surface area contributed by atoms with E-state index >= 15 is 0 Å². The topological polar surface area (TPSA) is 111 Å². The van der Waals surface area contributed by atoms with Crippen molar-refractivity contribution in [3.8, 4) is 0 Å². The molecule has 9 nitrogen and oxygen atoms in total. The highest BCUT2D eigenvalue weighted by Crippen LogP contribution is 2.38. The Labute approximate surface area is 382 Å².